The molecule has 2 heterocycles. The van der Waals surface area contributed by atoms with Gasteiger partial charge in [-0.2, -0.15) is 0 Å². The molecule has 0 spiro atoms. The molecule has 1 aliphatic rings. The number of nitrogens with one attached hydrogen (secondary N) is 1. The molecule has 0 radical (unpaired) electrons. The number of benzene rings is 2. The first-order valence-corrected chi connectivity index (χ1v) is 10.4. The summed E-state index contributed by atoms with van der Waals surface area (Å²) >= 11 is 0. The molecule has 7 heteroatoms. The van der Waals surface area contributed by atoms with Crippen molar-refractivity contribution >= 4 is 17.7 Å². The first-order chi connectivity index (χ1) is 15.7. The lowest BCUT2D eigenvalue weighted by Crippen LogP contribution is -2.35. The van der Waals surface area contributed by atoms with E-state index in [-0.39, 0.29) is 11.7 Å². The van der Waals surface area contributed by atoms with Crippen LogP contribution < -0.4 is 10.1 Å². The molecule has 0 bridgehead atoms. The van der Waals surface area contributed by atoms with Gasteiger partial charge in [0.25, 0.3) is 0 Å². The lowest BCUT2D eigenvalue weighted by atomic mass is 10.1. The van der Waals surface area contributed by atoms with E-state index in [4.69, 9.17) is 9.47 Å². The van der Waals surface area contributed by atoms with Gasteiger partial charge in [-0.05, 0) is 47.5 Å². The Balaban J connectivity index is 1.38. The van der Waals surface area contributed by atoms with Gasteiger partial charge in [0, 0.05) is 37.6 Å². The molecule has 0 aliphatic carbocycles. The number of hydrogen-bond donors (Lipinski definition) is 1. The zero-order valence-electron chi connectivity index (χ0n) is 17.5. The van der Waals surface area contributed by atoms with Crippen molar-refractivity contribution in [2.75, 3.05) is 31.6 Å². The third-order valence-corrected chi connectivity index (χ3v) is 5.02. The molecule has 1 fully saturated rings. The Morgan fingerprint density at radius 3 is 2.78 bits per heavy atom. The maximum Gasteiger partial charge on any atom is 0.248 e. The highest BCUT2D eigenvalue weighted by Crippen LogP contribution is 2.25. The Labute approximate surface area is 186 Å². The minimum atomic E-state index is -0.521. The van der Waals surface area contributed by atoms with Crippen molar-refractivity contribution in [3.63, 3.8) is 0 Å². The number of para-hydroxylation sites is 1. The largest absolute Gasteiger partial charge is 0.453 e. The van der Waals surface area contributed by atoms with Crippen molar-refractivity contribution in [3.05, 3.63) is 90.0 Å². The van der Waals surface area contributed by atoms with Gasteiger partial charge in [-0.1, -0.05) is 24.3 Å². The van der Waals surface area contributed by atoms with Gasteiger partial charge in [-0.25, -0.2) is 4.39 Å². The minimum absolute atomic E-state index is 0.0941. The Bertz CT molecular complexity index is 1080. The van der Waals surface area contributed by atoms with E-state index in [1.54, 1.807) is 30.5 Å². The van der Waals surface area contributed by atoms with Crippen molar-refractivity contribution in [2.45, 2.75) is 6.54 Å². The zero-order chi connectivity index (χ0) is 22.2. The smallest absolute Gasteiger partial charge is 0.248 e. The van der Waals surface area contributed by atoms with Crippen LogP contribution in [-0.2, 0) is 16.1 Å². The summed E-state index contributed by atoms with van der Waals surface area (Å²) in [5.74, 6) is -0.260. The van der Waals surface area contributed by atoms with E-state index in [9.17, 15) is 9.18 Å². The highest BCUT2D eigenvalue weighted by Gasteiger charge is 2.13. The SMILES string of the molecule is O=C(/C=C/c1ccc(Oc2cccnc2)c(F)c1)Nc1ccccc1CN1CCOCC1. The molecule has 1 amide bonds. The van der Waals surface area contributed by atoms with E-state index in [0.29, 0.717) is 11.3 Å². The second-order valence-electron chi connectivity index (χ2n) is 7.35. The second-order valence-corrected chi connectivity index (χ2v) is 7.35. The van der Waals surface area contributed by atoms with Crippen molar-refractivity contribution < 1.29 is 18.7 Å². The van der Waals surface area contributed by atoms with E-state index in [2.05, 4.69) is 15.2 Å². The first kappa shape index (κ1) is 21.7. The lowest BCUT2D eigenvalue weighted by molar-refractivity contribution is -0.111. The Kier molecular flexibility index (Phi) is 7.22. The molecule has 32 heavy (non-hydrogen) atoms. The number of rotatable bonds is 7. The maximum atomic E-state index is 14.4. The van der Waals surface area contributed by atoms with Gasteiger partial charge in [0.2, 0.25) is 5.91 Å². The molecule has 164 valence electrons. The Hall–Kier alpha value is -3.55. The summed E-state index contributed by atoms with van der Waals surface area (Å²) in [6, 6.07) is 15.7. The minimum Gasteiger partial charge on any atom is -0.453 e. The molecular formula is C25H24FN3O3. The molecule has 4 rings (SSSR count). The van der Waals surface area contributed by atoms with Crippen molar-refractivity contribution in [2.24, 2.45) is 0 Å². The molecule has 0 unspecified atom stereocenters. The summed E-state index contributed by atoms with van der Waals surface area (Å²) < 4.78 is 25.3. The molecule has 1 saturated heterocycles. The number of pyridine rings is 1. The van der Waals surface area contributed by atoms with Crippen LogP contribution >= 0.6 is 0 Å². The summed E-state index contributed by atoms with van der Waals surface area (Å²) in [7, 11) is 0. The van der Waals surface area contributed by atoms with Gasteiger partial charge in [-0.15, -0.1) is 0 Å². The third kappa shape index (κ3) is 6.00. The number of amides is 1. The van der Waals surface area contributed by atoms with Crippen LogP contribution in [0.25, 0.3) is 6.08 Å². The molecule has 3 aromatic rings. The average Bonchev–Trinajstić information content (AvgIpc) is 2.82. The van der Waals surface area contributed by atoms with E-state index in [1.807, 2.05) is 24.3 Å². The van der Waals surface area contributed by atoms with E-state index in [0.717, 1.165) is 44.1 Å². The maximum absolute atomic E-state index is 14.4. The summed E-state index contributed by atoms with van der Waals surface area (Å²) in [4.78, 5) is 18.7. The number of aromatic nitrogens is 1. The van der Waals surface area contributed by atoms with Gasteiger partial charge in [0.1, 0.15) is 5.75 Å². The van der Waals surface area contributed by atoms with Gasteiger partial charge in [0.05, 0.1) is 19.4 Å². The normalized spacial score (nSPS) is 14.4. The van der Waals surface area contributed by atoms with Gasteiger partial charge in [-0.3, -0.25) is 14.7 Å². The van der Waals surface area contributed by atoms with Crippen LogP contribution in [0.1, 0.15) is 11.1 Å². The number of morpholine rings is 1. The van der Waals surface area contributed by atoms with Gasteiger partial charge >= 0.3 is 0 Å². The molecule has 1 aromatic heterocycles. The quantitative estimate of drug-likeness (QED) is 0.556. The predicted molar refractivity (Wildman–Crippen MR) is 121 cm³/mol. The van der Waals surface area contributed by atoms with Crippen LogP contribution in [0.2, 0.25) is 0 Å². The predicted octanol–water partition coefficient (Wildman–Crippen LogP) is 4.50. The van der Waals surface area contributed by atoms with Crippen LogP contribution in [-0.4, -0.2) is 42.1 Å². The zero-order valence-corrected chi connectivity index (χ0v) is 17.5. The number of carbonyl (C=O) groups excluding carboxylic acids is 1. The number of anilines is 1. The molecule has 0 atom stereocenters. The fourth-order valence-corrected chi connectivity index (χ4v) is 3.36. The summed E-state index contributed by atoms with van der Waals surface area (Å²) in [6.07, 6.45) is 6.08. The molecule has 0 saturated carbocycles. The molecule has 1 N–H and O–H groups in total. The Morgan fingerprint density at radius 1 is 1.16 bits per heavy atom. The number of hydrogen-bond acceptors (Lipinski definition) is 5. The molecular weight excluding hydrogens is 409 g/mol. The standard InChI is InChI=1S/C25H24FN3O3/c26-22-16-19(7-9-24(22)32-21-5-3-11-27-17-21)8-10-25(30)28-23-6-2-1-4-20(23)18-29-12-14-31-15-13-29/h1-11,16-17H,12-15,18H2,(H,28,30)/b10-8+. The van der Waals surface area contributed by atoms with Crippen LogP contribution in [0, 0.1) is 5.82 Å². The van der Waals surface area contributed by atoms with Crippen LogP contribution in [0.4, 0.5) is 10.1 Å². The van der Waals surface area contributed by atoms with Crippen LogP contribution in [0.3, 0.4) is 0 Å². The fraction of sp³-hybridized carbons (Fsp3) is 0.200. The third-order valence-electron chi connectivity index (χ3n) is 5.02. The summed E-state index contributed by atoms with van der Waals surface area (Å²) in [5, 5.41) is 2.92. The van der Waals surface area contributed by atoms with Crippen LogP contribution in [0.15, 0.2) is 73.1 Å². The second kappa shape index (κ2) is 10.7. The van der Waals surface area contributed by atoms with E-state index >= 15 is 0 Å². The molecule has 6 nitrogen and oxygen atoms in total. The topological polar surface area (TPSA) is 63.7 Å². The number of nitrogens with zero attached hydrogens (tertiary/aromatic N) is 2. The van der Waals surface area contributed by atoms with E-state index < -0.39 is 5.82 Å². The fourth-order valence-electron chi connectivity index (χ4n) is 3.36. The number of ether oxygens (including phenoxy) is 2. The summed E-state index contributed by atoms with van der Waals surface area (Å²) in [5.41, 5.74) is 2.36. The lowest BCUT2D eigenvalue weighted by Gasteiger charge is -2.27. The molecule has 1 aliphatic heterocycles. The van der Waals surface area contributed by atoms with Crippen LogP contribution in [0.5, 0.6) is 11.5 Å². The van der Waals surface area contributed by atoms with Crippen molar-refractivity contribution in [1.82, 2.24) is 9.88 Å². The number of halogens is 1. The van der Waals surface area contributed by atoms with Crippen molar-refractivity contribution in [3.8, 4) is 11.5 Å². The van der Waals surface area contributed by atoms with Gasteiger partial charge < -0.3 is 14.8 Å². The highest BCUT2D eigenvalue weighted by atomic mass is 19.1. The number of carbonyl (C=O) groups is 1. The Morgan fingerprint density at radius 2 is 2.00 bits per heavy atom. The molecule has 2 aromatic carbocycles. The first-order valence-electron chi connectivity index (χ1n) is 10.4. The summed E-state index contributed by atoms with van der Waals surface area (Å²) in [6.45, 7) is 3.93. The van der Waals surface area contributed by atoms with E-state index in [1.165, 1.54) is 24.4 Å². The van der Waals surface area contributed by atoms with Crippen molar-refractivity contribution in [1.29, 1.82) is 0 Å². The highest BCUT2D eigenvalue weighted by molar-refractivity contribution is 6.02. The monoisotopic (exact) mass is 433 g/mol. The average molecular weight is 433 g/mol. The van der Waals surface area contributed by atoms with Gasteiger partial charge in [0.15, 0.2) is 11.6 Å².